The summed E-state index contributed by atoms with van der Waals surface area (Å²) in [6.45, 7) is 2.85. The molecule has 96 valence electrons. The standard InChI is InChI=1S/C11H19N3O3/c1-2-8-7-10(16)14(11(8)17)6-3-9(15)13-5-4-12/h8H,2-7,12H2,1H3,(H,13,15). The number of hydrogen-bond donors (Lipinski definition) is 2. The lowest BCUT2D eigenvalue weighted by Gasteiger charge is -2.14. The Morgan fingerprint density at radius 1 is 1.53 bits per heavy atom. The molecule has 0 spiro atoms. The van der Waals surface area contributed by atoms with E-state index in [1.54, 1.807) is 0 Å². The quantitative estimate of drug-likeness (QED) is 0.598. The Kier molecular flexibility index (Phi) is 5.09. The van der Waals surface area contributed by atoms with Crippen LogP contribution in [-0.4, -0.2) is 42.3 Å². The van der Waals surface area contributed by atoms with Crippen molar-refractivity contribution in [1.82, 2.24) is 10.2 Å². The van der Waals surface area contributed by atoms with Crippen molar-refractivity contribution in [2.24, 2.45) is 11.7 Å². The number of imide groups is 1. The molecule has 0 radical (unpaired) electrons. The number of nitrogens with zero attached hydrogens (tertiary/aromatic N) is 1. The normalized spacial score (nSPS) is 19.9. The van der Waals surface area contributed by atoms with Crippen LogP contribution in [0.1, 0.15) is 26.2 Å². The van der Waals surface area contributed by atoms with Gasteiger partial charge in [0.2, 0.25) is 17.7 Å². The van der Waals surface area contributed by atoms with E-state index in [9.17, 15) is 14.4 Å². The molecule has 1 fully saturated rings. The van der Waals surface area contributed by atoms with Gasteiger partial charge in [0.05, 0.1) is 0 Å². The predicted molar refractivity (Wildman–Crippen MR) is 61.8 cm³/mol. The molecule has 0 aromatic rings. The maximum absolute atomic E-state index is 11.7. The van der Waals surface area contributed by atoms with Crippen LogP contribution in [-0.2, 0) is 14.4 Å². The van der Waals surface area contributed by atoms with E-state index in [-0.39, 0.29) is 43.0 Å². The molecule has 17 heavy (non-hydrogen) atoms. The zero-order chi connectivity index (χ0) is 12.8. The second kappa shape index (κ2) is 6.34. The van der Waals surface area contributed by atoms with Crippen LogP contribution in [0.2, 0.25) is 0 Å². The van der Waals surface area contributed by atoms with Gasteiger partial charge >= 0.3 is 0 Å². The molecule has 1 aliphatic rings. The van der Waals surface area contributed by atoms with Gasteiger partial charge in [0.1, 0.15) is 0 Å². The summed E-state index contributed by atoms with van der Waals surface area (Å²) in [4.78, 5) is 35.8. The molecular formula is C11H19N3O3. The van der Waals surface area contributed by atoms with Crippen LogP contribution in [0.3, 0.4) is 0 Å². The van der Waals surface area contributed by atoms with Crippen molar-refractivity contribution in [3.63, 3.8) is 0 Å². The van der Waals surface area contributed by atoms with Crippen LogP contribution in [0.25, 0.3) is 0 Å². The van der Waals surface area contributed by atoms with Crippen molar-refractivity contribution >= 4 is 17.7 Å². The second-order valence-corrected chi connectivity index (χ2v) is 4.08. The summed E-state index contributed by atoms with van der Waals surface area (Å²) in [5.74, 6) is -0.705. The molecule has 6 nitrogen and oxygen atoms in total. The zero-order valence-electron chi connectivity index (χ0n) is 10.1. The van der Waals surface area contributed by atoms with Crippen molar-refractivity contribution in [3.8, 4) is 0 Å². The van der Waals surface area contributed by atoms with E-state index in [1.807, 2.05) is 6.92 Å². The minimum Gasteiger partial charge on any atom is -0.355 e. The molecule has 3 amide bonds. The van der Waals surface area contributed by atoms with Crippen LogP contribution < -0.4 is 11.1 Å². The van der Waals surface area contributed by atoms with Gasteiger partial charge in [-0.15, -0.1) is 0 Å². The third-order valence-electron chi connectivity index (χ3n) is 2.86. The topological polar surface area (TPSA) is 92.5 Å². The van der Waals surface area contributed by atoms with Gasteiger partial charge < -0.3 is 11.1 Å². The summed E-state index contributed by atoms with van der Waals surface area (Å²) in [5.41, 5.74) is 5.24. The number of likely N-dealkylation sites (tertiary alicyclic amines) is 1. The SMILES string of the molecule is CCC1CC(=O)N(CCC(=O)NCCN)C1=O. The second-order valence-electron chi connectivity index (χ2n) is 4.08. The van der Waals surface area contributed by atoms with E-state index < -0.39 is 0 Å². The lowest BCUT2D eigenvalue weighted by molar-refractivity contribution is -0.139. The Hall–Kier alpha value is -1.43. The van der Waals surface area contributed by atoms with E-state index in [0.717, 1.165) is 0 Å². The number of hydrogen-bond acceptors (Lipinski definition) is 4. The molecule has 1 saturated heterocycles. The largest absolute Gasteiger partial charge is 0.355 e. The molecule has 0 aliphatic carbocycles. The molecule has 1 heterocycles. The Balaban J connectivity index is 2.39. The Morgan fingerprint density at radius 2 is 2.24 bits per heavy atom. The van der Waals surface area contributed by atoms with Crippen molar-refractivity contribution in [2.75, 3.05) is 19.6 Å². The number of amides is 3. The molecule has 1 unspecified atom stereocenters. The lowest BCUT2D eigenvalue weighted by Crippen LogP contribution is -2.36. The average molecular weight is 241 g/mol. The fraction of sp³-hybridized carbons (Fsp3) is 0.727. The van der Waals surface area contributed by atoms with Crippen LogP contribution >= 0.6 is 0 Å². The van der Waals surface area contributed by atoms with Gasteiger partial charge in [-0.25, -0.2) is 0 Å². The zero-order valence-corrected chi connectivity index (χ0v) is 10.1. The van der Waals surface area contributed by atoms with Crippen LogP contribution in [0.15, 0.2) is 0 Å². The summed E-state index contributed by atoms with van der Waals surface area (Å²) in [6, 6.07) is 0. The molecule has 1 atom stereocenters. The summed E-state index contributed by atoms with van der Waals surface area (Å²) in [6.07, 6.45) is 1.09. The first-order chi connectivity index (χ1) is 8.10. The highest BCUT2D eigenvalue weighted by Gasteiger charge is 2.36. The summed E-state index contributed by atoms with van der Waals surface area (Å²) in [5, 5.41) is 2.60. The van der Waals surface area contributed by atoms with Crippen molar-refractivity contribution in [1.29, 1.82) is 0 Å². The van der Waals surface area contributed by atoms with Gasteiger partial charge in [0.25, 0.3) is 0 Å². The molecule has 0 aromatic heterocycles. The molecular weight excluding hydrogens is 222 g/mol. The Labute approximate surface area is 101 Å². The van der Waals surface area contributed by atoms with Crippen LogP contribution in [0.4, 0.5) is 0 Å². The highest BCUT2D eigenvalue weighted by atomic mass is 16.2. The first-order valence-electron chi connectivity index (χ1n) is 5.91. The minimum atomic E-state index is -0.199. The number of carbonyl (C=O) groups is 3. The third-order valence-corrected chi connectivity index (χ3v) is 2.86. The molecule has 1 aliphatic heterocycles. The van der Waals surface area contributed by atoms with Crippen molar-refractivity contribution in [3.05, 3.63) is 0 Å². The highest BCUT2D eigenvalue weighted by Crippen LogP contribution is 2.22. The van der Waals surface area contributed by atoms with Crippen LogP contribution in [0, 0.1) is 5.92 Å². The number of carbonyl (C=O) groups excluding carboxylic acids is 3. The first kappa shape index (κ1) is 13.6. The van der Waals surface area contributed by atoms with Gasteiger partial charge in [-0.05, 0) is 6.42 Å². The molecule has 6 heteroatoms. The third kappa shape index (κ3) is 3.52. The number of rotatable bonds is 6. The van der Waals surface area contributed by atoms with Gasteiger partial charge in [0, 0.05) is 38.4 Å². The Morgan fingerprint density at radius 3 is 2.76 bits per heavy atom. The Bertz CT molecular complexity index is 317. The molecule has 0 bridgehead atoms. The van der Waals surface area contributed by atoms with Crippen LogP contribution in [0.5, 0.6) is 0 Å². The monoisotopic (exact) mass is 241 g/mol. The molecule has 0 saturated carbocycles. The average Bonchev–Trinajstić information content (AvgIpc) is 2.59. The van der Waals surface area contributed by atoms with E-state index in [2.05, 4.69) is 5.32 Å². The van der Waals surface area contributed by atoms with Gasteiger partial charge in [0.15, 0.2) is 0 Å². The fourth-order valence-corrected chi connectivity index (χ4v) is 1.82. The van der Waals surface area contributed by atoms with E-state index >= 15 is 0 Å². The molecule has 0 aromatic carbocycles. The molecule has 3 N–H and O–H groups in total. The molecule has 1 rings (SSSR count). The number of nitrogens with one attached hydrogen (secondary N) is 1. The van der Waals surface area contributed by atoms with E-state index in [4.69, 9.17) is 5.73 Å². The summed E-state index contributed by atoms with van der Waals surface area (Å²) < 4.78 is 0. The van der Waals surface area contributed by atoms with E-state index in [1.165, 1.54) is 4.90 Å². The van der Waals surface area contributed by atoms with E-state index in [0.29, 0.717) is 19.5 Å². The minimum absolute atomic E-state index is 0.147. The van der Waals surface area contributed by atoms with Gasteiger partial charge in [-0.3, -0.25) is 19.3 Å². The van der Waals surface area contributed by atoms with Gasteiger partial charge in [-0.2, -0.15) is 0 Å². The summed E-state index contributed by atoms with van der Waals surface area (Å²) in [7, 11) is 0. The predicted octanol–water partition coefficient (Wildman–Crippen LogP) is -0.763. The lowest BCUT2D eigenvalue weighted by atomic mass is 10.1. The maximum Gasteiger partial charge on any atom is 0.232 e. The van der Waals surface area contributed by atoms with Crippen molar-refractivity contribution < 1.29 is 14.4 Å². The first-order valence-corrected chi connectivity index (χ1v) is 5.91. The smallest absolute Gasteiger partial charge is 0.232 e. The fourth-order valence-electron chi connectivity index (χ4n) is 1.82. The number of nitrogens with two attached hydrogens (primary N) is 1. The summed E-state index contributed by atoms with van der Waals surface area (Å²) >= 11 is 0. The van der Waals surface area contributed by atoms with Crippen molar-refractivity contribution in [2.45, 2.75) is 26.2 Å². The van der Waals surface area contributed by atoms with Gasteiger partial charge in [-0.1, -0.05) is 6.92 Å². The highest BCUT2D eigenvalue weighted by molar-refractivity contribution is 6.03. The maximum atomic E-state index is 11.7.